The maximum absolute atomic E-state index is 12.7. The van der Waals surface area contributed by atoms with E-state index in [1.165, 1.54) is 0 Å². The van der Waals surface area contributed by atoms with Gasteiger partial charge in [0.25, 0.3) is 0 Å². The Morgan fingerprint density at radius 1 is 1.58 bits per heavy atom. The van der Waals surface area contributed by atoms with Gasteiger partial charge in [0.2, 0.25) is 0 Å². The third-order valence-corrected chi connectivity index (χ3v) is 2.19. The van der Waals surface area contributed by atoms with Crippen LogP contribution in [0.25, 0.3) is 0 Å². The Morgan fingerprint density at radius 3 is 2.67 bits per heavy atom. The Balaban J connectivity index is 3.33. The first-order valence-electron chi connectivity index (χ1n) is 2.90. The Labute approximate surface area is 81.1 Å². The molecule has 0 aromatic heterocycles. The molecule has 1 aromatic carbocycles. The lowest BCUT2D eigenvalue weighted by atomic mass is 10.2. The number of rotatable bonds is 1. The second-order valence-corrected chi connectivity index (χ2v) is 3.31. The van der Waals surface area contributed by atoms with Gasteiger partial charge in [0.15, 0.2) is 0 Å². The third-order valence-electron chi connectivity index (χ3n) is 1.24. The maximum Gasteiger partial charge on any atom is 0.336 e. The first-order valence-corrected chi connectivity index (χ1v) is 4.07. The van der Waals surface area contributed by atoms with Crippen LogP contribution in [0.4, 0.5) is 4.39 Å². The summed E-state index contributed by atoms with van der Waals surface area (Å²) >= 11 is 8.27. The van der Waals surface area contributed by atoms with Crippen LogP contribution in [-0.2, 0) is 0 Å². The van der Waals surface area contributed by atoms with Crippen molar-refractivity contribution in [2.24, 2.45) is 0 Å². The van der Waals surface area contributed by atoms with Crippen LogP contribution < -0.4 is 0 Å². The first kappa shape index (κ1) is 9.48. The van der Waals surface area contributed by atoms with Gasteiger partial charge in [-0.05, 0) is 28.1 Å². The van der Waals surface area contributed by atoms with Gasteiger partial charge in [0, 0.05) is 4.47 Å². The number of carboxylic acid groups (broad SMARTS) is 1. The minimum Gasteiger partial charge on any atom is -0.478 e. The van der Waals surface area contributed by atoms with Crippen LogP contribution in [0.1, 0.15) is 10.4 Å². The summed E-state index contributed by atoms with van der Waals surface area (Å²) in [5.41, 5.74) is -0.0543. The smallest absolute Gasteiger partial charge is 0.336 e. The molecule has 12 heavy (non-hydrogen) atoms. The number of hydrogen-bond donors (Lipinski definition) is 1. The van der Waals surface area contributed by atoms with E-state index in [0.29, 0.717) is 0 Å². The predicted octanol–water partition coefficient (Wildman–Crippen LogP) is 2.94. The molecule has 0 aliphatic heterocycles. The summed E-state index contributed by atoms with van der Waals surface area (Å²) in [6.07, 6.45) is 0. The molecule has 0 spiro atoms. The lowest BCUT2D eigenvalue weighted by Crippen LogP contribution is -1.98. The largest absolute Gasteiger partial charge is 0.478 e. The number of aromatic carboxylic acids is 1. The summed E-state index contributed by atoms with van der Waals surface area (Å²) in [6, 6.07) is 2.08. The Hall–Kier alpha value is -0.610. The van der Waals surface area contributed by atoms with Gasteiger partial charge in [-0.2, -0.15) is 0 Å². The van der Waals surface area contributed by atoms with Crippen LogP contribution in [0.3, 0.4) is 0 Å². The molecule has 1 rings (SSSR count). The Morgan fingerprint density at radius 2 is 2.17 bits per heavy atom. The predicted molar refractivity (Wildman–Crippen MR) is 46.1 cm³/mol. The van der Waals surface area contributed by atoms with Crippen molar-refractivity contribution in [2.45, 2.75) is 0 Å². The van der Waals surface area contributed by atoms with Crippen molar-refractivity contribution in [3.8, 4) is 0 Å². The molecule has 1 aromatic rings. The van der Waals surface area contributed by atoms with Gasteiger partial charge in [-0.25, -0.2) is 9.18 Å². The van der Waals surface area contributed by atoms with E-state index < -0.39 is 11.8 Å². The minimum absolute atomic E-state index is 0.0543. The topological polar surface area (TPSA) is 37.3 Å². The van der Waals surface area contributed by atoms with E-state index in [2.05, 4.69) is 15.9 Å². The highest BCUT2D eigenvalue weighted by atomic mass is 79.9. The number of carboxylic acids is 1. The van der Waals surface area contributed by atoms with E-state index >= 15 is 0 Å². The van der Waals surface area contributed by atoms with Crippen LogP contribution in [0.5, 0.6) is 0 Å². The van der Waals surface area contributed by atoms with Gasteiger partial charge in [0.05, 0.1) is 10.6 Å². The van der Waals surface area contributed by atoms with Gasteiger partial charge >= 0.3 is 5.97 Å². The normalized spacial score (nSPS) is 9.92. The molecular weight excluding hydrogens is 250 g/mol. The van der Waals surface area contributed by atoms with E-state index in [-0.39, 0.29) is 15.1 Å². The second kappa shape index (κ2) is 3.41. The van der Waals surface area contributed by atoms with Crippen molar-refractivity contribution in [1.82, 2.24) is 0 Å². The second-order valence-electron chi connectivity index (χ2n) is 2.05. The highest BCUT2D eigenvalue weighted by Gasteiger charge is 2.11. The average molecular weight is 253 g/mol. The van der Waals surface area contributed by atoms with Crippen LogP contribution >= 0.6 is 27.5 Å². The minimum atomic E-state index is -1.15. The fourth-order valence-electron chi connectivity index (χ4n) is 0.686. The molecule has 0 saturated carbocycles. The maximum atomic E-state index is 12.7. The molecule has 1 N–H and O–H groups in total. The van der Waals surface area contributed by atoms with E-state index in [9.17, 15) is 9.18 Å². The van der Waals surface area contributed by atoms with Gasteiger partial charge in [-0.3, -0.25) is 0 Å². The zero-order valence-corrected chi connectivity index (χ0v) is 7.99. The molecule has 5 heteroatoms. The van der Waals surface area contributed by atoms with Gasteiger partial charge < -0.3 is 5.11 Å². The zero-order chi connectivity index (χ0) is 9.30. The molecule has 0 saturated heterocycles. The molecule has 0 atom stereocenters. The molecule has 2 nitrogen and oxygen atoms in total. The number of benzene rings is 1. The lowest BCUT2D eigenvalue weighted by Gasteiger charge is -1.99. The highest BCUT2D eigenvalue weighted by molar-refractivity contribution is 9.10. The molecule has 0 amide bonds. The third kappa shape index (κ3) is 1.76. The molecular formula is C7H3BrClFO2. The van der Waals surface area contributed by atoms with Gasteiger partial charge in [-0.15, -0.1) is 0 Å². The number of halogens is 3. The number of hydrogen-bond acceptors (Lipinski definition) is 1. The van der Waals surface area contributed by atoms with Crippen molar-refractivity contribution in [3.05, 3.63) is 33.0 Å². The average Bonchev–Trinajstić information content (AvgIpc) is 1.96. The van der Waals surface area contributed by atoms with E-state index in [4.69, 9.17) is 16.7 Å². The van der Waals surface area contributed by atoms with Crippen LogP contribution in [0.15, 0.2) is 16.6 Å². The van der Waals surface area contributed by atoms with E-state index in [1.54, 1.807) is 0 Å². The van der Waals surface area contributed by atoms with Crippen molar-refractivity contribution >= 4 is 33.5 Å². The Bertz CT molecular complexity index is 340. The highest BCUT2D eigenvalue weighted by Crippen LogP contribution is 2.24. The van der Waals surface area contributed by atoms with Crippen LogP contribution in [-0.4, -0.2) is 11.1 Å². The van der Waals surface area contributed by atoms with Gasteiger partial charge in [0.1, 0.15) is 5.82 Å². The molecule has 0 bridgehead atoms. The lowest BCUT2D eigenvalue weighted by molar-refractivity contribution is 0.0696. The molecule has 0 aliphatic carbocycles. The molecule has 0 heterocycles. The summed E-state index contributed by atoms with van der Waals surface area (Å²) in [4.78, 5) is 10.5. The molecule has 0 unspecified atom stereocenters. The van der Waals surface area contributed by atoms with Gasteiger partial charge in [-0.1, -0.05) is 11.6 Å². The summed E-state index contributed by atoms with van der Waals surface area (Å²) in [5.74, 6) is -1.79. The fourth-order valence-corrected chi connectivity index (χ4v) is 1.34. The Kier molecular flexibility index (Phi) is 2.69. The summed E-state index contributed by atoms with van der Waals surface area (Å²) in [7, 11) is 0. The SMILES string of the molecule is O=C(O)c1cc(Cl)c(F)cc1Br. The van der Waals surface area contributed by atoms with Crippen molar-refractivity contribution < 1.29 is 14.3 Å². The molecule has 0 aliphatic rings. The van der Waals surface area contributed by atoms with E-state index in [0.717, 1.165) is 12.1 Å². The zero-order valence-electron chi connectivity index (χ0n) is 5.64. The molecule has 64 valence electrons. The van der Waals surface area contributed by atoms with Crippen molar-refractivity contribution in [2.75, 3.05) is 0 Å². The fraction of sp³-hybridized carbons (Fsp3) is 0. The van der Waals surface area contributed by atoms with Crippen LogP contribution in [0.2, 0.25) is 5.02 Å². The molecule has 0 radical (unpaired) electrons. The number of carbonyl (C=O) groups is 1. The summed E-state index contributed by atoms with van der Waals surface area (Å²) in [6.45, 7) is 0. The summed E-state index contributed by atoms with van der Waals surface area (Å²) in [5, 5.41) is 8.37. The quantitative estimate of drug-likeness (QED) is 0.781. The monoisotopic (exact) mass is 252 g/mol. The van der Waals surface area contributed by atoms with Crippen molar-refractivity contribution in [3.63, 3.8) is 0 Å². The van der Waals surface area contributed by atoms with Crippen LogP contribution in [0, 0.1) is 5.82 Å². The summed E-state index contributed by atoms with van der Waals surface area (Å²) < 4.78 is 12.8. The van der Waals surface area contributed by atoms with Crippen molar-refractivity contribution in [1.29, 1.82) is 0 Å². The first-order chi connectivity index (χ1) is 5.52. The van der Waals surface area contributed by atoms with E-state index in [1.807, 2.05) is 0 Å². The standard InChI is InChI=1S/C7H3BrClFO2/c8-4-2-6(10)5(9)1-3(4)7(11)12/h1-2H,(H,11,12). The molecule has 0 fully saturated rings.